The van der Waals surface area contributed by atoms with Crippen LogP contribution in [0, 0.1) is 0 Å². The van der Waals surface area contributed by atoms with Gasteiger partial charge in [0.1, 0.15) is 0 Å². The van der Waals surface area contributed by atoms with Crippen molar-refractivity contribution in [3.05, 3.63) is 89.5 Å². The normalized spacial score (nSPS) is 10.8. The van der Waals surface area contributed by atoms with Gasteiger partial charge in [-0.2, -0.15) is 0 Å². The van der Waals surface area contributed by atoms with E-state index in [1.54, 1.807) is 30.1 Å². The maximum atomic E-state index is 12.3. The minimum Gasteiger partial charge on any atom is -0.351 e. The molecule has 0 saturated heterocycles. The zero-order chi connectivity index (χ0) is 21.9. The fraction of sp³-hybridized carbons (Fsp3) is 0.261. The molecule has 0 aliphatic heterocycles. The molecule has 0 saturated carbocycles. The number of hydroxylamine groups is 1. The number of hydrogen-bond donors (Lipinski definition) is 4. The number of aromatic amines is 1. The molecule has 162 valence electrons. The van der Waals surface area contributed by atoms with E-state index in [-0.39, 0.29) is 12.3 Å². The van der Waals surface area contributed by atoms with Gasteiger partial charge >= 0.3 is 0 Å². The van der Waals surface area contributed by atoms with Crippen LogP contribution in [-0.4, -0.2) is 45.0 Å². The van der Waals surface area contributed by atoms with Crippen LogP contribution >= 0.6 is 0 Å². The Kier molecular flexibility index (Phi) is 8.33. The van der Waals surface area contributed by atoms with Gasteiger partial charge in [0, 0.05) is 50.1 Å². The number of nitrogens with zero attached hydrogens (tertiary/aromatic N) is 2. The Balaban J connectivity index is 1.55. The summed E-state index contributed by atoms with van der Waals surface area (Å²) < 4.78 is 0. The number of hydrogen-bond acceptors (Lipinski definition) is 5. The summed E-state index contributed by atoms with van der Waals surface area (Å²) in [6, 6.07) is 17.2. The van der Waals surface area contributed by atoms with Crippen molar-refractivity contribution in [1.82, 2.24) is 25.7 Å². The molecule has 0 fully saturated rings. The van der Waals surface area contributed by atoms with Crippen LogP contribution in [0.15, 0.2) is 67.1 Å². The first-order chi connectivity index (χ1) is 15.1. The van der Waals surface area contributed by atoms with Gasteiger partial charge < -0.3 is 10.3 Å². The van der Waals surface area contributed by atoms with E-state index >= 15 is 0 Å². The van der Waals surface area contributed by atoms with Gasteiger partial charge in [-0.15, -0.1) is 0 Å². The van der Waals surface area contributed by atoms with Crippen molar-refractivity contribution < 1.29 is 14.8 Å². The van der Waals surface area contributed by atoms with E-state index in [4.69, 9.17) is 5.21 Å². The molecule has 8 heteroatoms. The maximum Gasteiger partial charge on any atom is 0.251 e. The van der Waals surface area contributed by atoms with Crippen LogP contribution in [0.2, 0.25) is 0 Å². The Morgan fingerprint density at radius 3 is 2.42 bits per heavy atom. The summed E-state index contributed by atoms with van der Waals surface area (Å²) in [5.74, 6) is -0.481. The number of aryl methyl sites for hydroxylation is 1. The lowest BCUT2D eigenvalue weighted by Gasteiger charge is -2.22. The van der Waals surface area contributed by atoms with E-state index in [0.717, 1.165) is 16.8 Å². The van der Waals surface area contributed by atoms with Crippen LogP contribution in [0.4, 0.5) is 0 Å². The van der Waals surface area contributed by atoms with Gasteiger partial charge in [-0.05, 0) is 29.7 Å². The Bertz CT molecular complexity index is 943. The van der Waals surface area contributed by atoms with Crippen LogP contribution < -0.4 is 10.8 Å². The monoisotopic (exact) mass is 421 g/mol. The number of nitrogens with one attached hydrogen (secondary N) is 3. The van der Waals surface area contributed by atoms with Crippen molar-refractivity contribution >= 4 is 11.8 Å². The molecule has 0 aliphatic carbocycles. The third-order valence-corrected chi connectivity index (χ3v) is 4.89. The van der Waals surface area contributed by atoms with Crippen LogP contribution in [0.3, 0.4) is 0 Å². The second kappa shape index (κ2) is 11.6. The van der Waals surface area contributed by atoms with E-state index in [1.807, 2.05) is 42.5 Å². The number of H-pyrrole nitrogens is 1. The predicted molar refractivity (Wildman–Crippen MR) is 116 cm³/mol. The molecule has 0 bridgehead atoms. The first kappa shape index (κ1) is 22.2. The molecule has 3 aromatic rings. The number of benzene rings is 2. The summed E-state index contributed by atoms with van der Waals surface area (Å²) in [7, 11) is 0. The summed E-state index contributed by atoms with van der Waals surface area (Å²) in [6.45, 7) is 2.59. The number of amides is 2. The topological polar surface area (TPSA) is 110 Å². The van der Waals surface area contributed by atoms with Gasteiger partial charge in [0.2, 0.25) is 5.91 Å². The third-order valence-electron chi connectivity index (χ3n) is 4.89. The molecule has 0 atom stereocenters. The van der Waals surface area contributed by atoms with Crippen LogP contribution in [0.5, 0.6) is 0 Å². The second-order valence-electron chi connectivity index (χ2n) is 7.26. The van der Waals surface area contributed by atoms with E-state index in [9.17, 15) is 9.59 Å². The fourth-order valence-corrected chi connectivity index (χ4v) is 3.23. The molecular weight excluding hydrogens is 394 g/mol. The summed E-state index contributed by atoms with van der Waals surface area (Å²) >= 11 is 0. The molecule has 1 heterocycles. The zero-order valence-electron chi connectivity index (χ0n) is 17.3. The summed E-state index contributed by atoms with van der Waals surface area (Å²) in [4.78, 5) is 32.9. The third kappa shape index (κ3) is 7.36. The second-order valence-corrected chi connectivity index (χ2v) is 7.26. The lowest BCUT2D eigenvalue weighted by molar-refractivity contribution is -0.129. The predicted octanol–water partition coefficient (Wildman–Crippen LogP) is 2.28. The highest BCUT2D eigenvalue weighted by Crippen LogP contribution is 2.11. The van der Waals surface area contributed by atoms with Crippen molar-refractivity contribution in [2.24, 2.45) is 0 Å². The van der Waals surface area contributed by atoms with E-state index in [0.29, 0.717) is 38.2 Å². The molecule has 8 nitrogen and oxygen atoms in total. The van der Waals surface area contributed by atoms with E-state index in [1.165, 1.54) is 0 Å². The minimum absolute atomic E-state index is 0.0849. The van der Waals surface area contributed by atoms with Crippen LogP contribution in [-0.2, 0) is 24.3 Å². The maximum absolute atomic E-state index is 12.3. The summed E-state index contributed by atoms with van der Waals surface area (Å²) in [5.41, 5.74) is 5.45. The van der Waals surface area contributed by atoms with Gasteiger partial charge in [-0.25, -0.2) is 10.5 Å². The fourth-order valence-electron chi connectivity index (χ4n) is 3.23. The van der Waals surface area contributed by atoms with E-state index in [2.05, 4.69) is 20.2 Å². The molecule has 0 aliphatic rings. The summed E-state index contributed by atoms with van der Waals surface area (Å²) in [5, 5.41) is 11.6. The molecule has 0 unspecified atom stereocenters. The Hall–Kier alpha value is -3.49. The highest BCUT2D eigenvalue weighted by molar-refractivity contribution is 5.94. The number of aromatic nitrogens is 2. The lowest BCUT2D eigenvalue weighted by Crippen LogP contribution is -2.34. The molecule has 2 aromatic carbocycles. The molecular formula is C23H27N5O3. The quantitative estimate of drug-likeness (QED) is 0.280. The molecule has 2 amide bonds. The van der Waals surface area contributed by atoms with Gasteiger partial charge in [-0.1, -0.05) is 42.5 Å². The van der Waals surface area contributed by atoms with Crippen molar-refractivity contribution in [3.63, 3.8) is 0 Å². The largest absolute Gasteiger partial charge is 0.351 e. The average Bonchev–Trinajstić information content (AvgIpc) is 3.32. The number of carbonyl (C=O) groups is 2. The van der Waals surface area contributed by atoms with Gasteiger partial charge in [-0.3, -0.25) is 19.7 Å². The SMILES string of the molecule is O=C(CCc1ccc(CN(CCNC(=O)c2ccccc2)Cc2cnc[nH]2)cc1)NO. The number of carbonyl (C=O) groups excluding carboxylic acids is 2. The molecule has 1 aromatic heterocycles. The van der Waals surface area contributed by atoms with Gasteiger partial charge in [0.05, 0.1) is 6.33 Å². The minimum atomic E-state index is -0.396. The zero-order valence-corrected chi connectivity index (χ0v) is 17.3. The van der Waals surface area contributed by atoms with Crippen molar-refractivity contribution in [1.29, 1.82) is 0 Å². The summed E-state index contributed by atoms with van der Waals surface area (Å²) in [6.07, 6.45) is 4.26. The van der Waals surface area contributed by atoms with Gasteiger partial charge in [0.25, 0.3) is 5.91 Å². The smallest absolute Gasteiger partial charge is 0.251 e. The molecule has 4 N–H and O–H groups in total. The number of rotatable bonds is 11. The highest BCUT2D eigenvalue weighted by atomic mass is 16.5. The highest BCUT2D eigenvalue weighted by Gasteiger charge is 2.10. The van der Waals surface area contributed by atoms with Crippen LogP contribution in [0.25, 0.3) is 0 Å². The standard InChI is InChI=1S/C23H27N5O3/c29-22(27-31)11-10-18-6-8-19(9-7-18)15-28(16-21-14-24-17-26-21)13-12-25-23(30)20-4-2-1-3-5-20/h1-9,14,17,31H,10-13,15-16H2,(H,24,26)(H,25,30)(H,27,29). The Labute approximate surface area is 181 Å². The van der Waals surface area contributed by atoms with Gasteiger partial charge in [0.15, 0.2) is 0 Å². The van der Waals surface area contributed by atoms with Crippen LogP contribution in [0.1, 0.15) is 33.6 Å². The van der Waals surface area contributed by atoms with Crippen molar-refractivity contribution in [2.75, 3.05) is 13.1 Å². The Morgan fingerprint density at radius 2 is 1.74 bits per heavy atom. The van der Waals surface area contributed by atoms with E-state index < -0.39 is 5.91 Å². The number of imidazole rings is 1. The Morgan fingerprint density at radius 1 is 1.00 bits per heavy atom. The molecule has 3 rings (SSSR count). The lowest BCUT2D eigenvalue weighted by atomic mass is 10.1. The van der Waals surface area contributed by atoms with Crippen molar-refractivity contribution in [2.45, 2.75) is 25.9 Å². The first-order valence-corrected chi connectivity index (χ1v) is 10.2. The molecule has 0 spiro atoms. The first-order valence-electron chi connectivity index (χ1n) is 10.2. The molecule has 31 heavy (non-hydrogen) atoms. The van der Waals surface area contributed by atoms with Crippen molar-refractivity contribution in [3.8, 4) is 0 Å². The molecule has 0 radical (unpaired) electrons. The average molecular weight is 422 g/mol.